The van der Waals surface area contributed by atoms with Crippen molar-refractivity contribution in [1.82, 2.24) is 4.98 Å². The Morgan fingerprint density at radius 2 is 2.33 bits per heavy atom. The molecule has 0 fully saturated rings. The molecule has 0 aliphatic rings. The molecule has 0 unspecified atom stereocenters. The Kier molecular flexibility index (Phi) is 3.69. The fourth-order valence-corrected chi connectivity index (χ4v) is 1.42. The van der Waals surface area contributed by atoms with Crippen molar-refractivity contribution in [2.24, 2.45) is 0 Å². The molecule has 0 aliphatic carbocycles. The van der Waals surface area contributed by atoms with E-state index < -0.39 is 0 Å². The third-order valence-electron chi connectivity index (χ3n) is 1.29. The number of nitrogens with zero attached hydrogens (tertiary/aromatic N) is 1. The van der Waals surface area contributed by atoms with Crippen molar-refractivity contribution in [3.63, 3.8) is 0 Å². The highest BCUT2D eigenvalue weighted by Crippen LogP contribution is 2.26. The standard InChI is InChI=1S/C8H10ClNOS/c1-3-11-8-6(12-2)4-5-7(9)10-8/h4-5H,3H2,1-2H3. The van der Waals surface area contributed by atoms with Crippen molar-refractivity contribution in [3.05, 3.63) is 17.3 Å². The first kappa shape index (κ1) is 9.68. The van der Waals surface area contributed by atoms with Crippen LogP contribution in [0.4, 0.5) is 0 Å². The van der Waals surface area contributed by atoms with Crippen LogP contribution in [-0.4, -0.2) is 17.8 Å². The van der Waals surface area contributed by atoms with Crippen molar-refractivity contribution >= 4 is 23.4 Å². The van der Waals surface area contributed by atoms with E-state index in [9.17, 15) is 0 Å². The third kappa shape index (κ3) is 2.29. The zero-order valence-corrected chi connectivity index (χ0v) is 8.58. The van der Waals surface area contributed by atoms with Gasteiger partial charge in [0, 0.05) is 0 Å². The van der Waals surface area contributed by atoms with Crippen LogP contribution >= 0.6 is 23.4 Å². The van der Waals surface area contributed by atoms with Gasteiger partial charge >= 0.3 is 0 Å². The summed E-state index contributed by atoms with van der Waals surface area (Å²) in [6.45, 7) is 2.54. The summed E-state index contributed by atoms with van der Waals surface area (Å²) < 4.78 is 5.29. The Bertz CT molecular complexity index is 267. The van der Waals surface area contributed by atoms with Gasteiger partial charge in [-0.2, -0.15) is 0 Å². The lowest BCUT2D eigenvalue weighted by Gasteiger charge is -2.06. The molecule has 2 nitrogen and oxygen atoms in total. The van der Waals surface area contributed by atoms with E-state index in [1.165, 1.54) is 0 Å². The van der Waals surface area contributed by atoms with Crippen molar-refractivity contribution in [1.29, 1.82) is 0 Å². The average molecular weight is 204 g/mol. The molecule has 0 bridgehead atoms. The summed E-state index contributed by atoms with van der Waals surface area (Å²) in [6, 6.07) is 3.67. The zero-order valence-electron chi connectivity index (χ0n) is 7.00. The Morgan fingerprint density at radius 1 is 1.58 bits per heavy atom. The lowest BCUT2D eigenvalue weighted by molar-refractivity contribution is 0.318. The highest BCUT2D eigenvalue weighted by atomic mass is 35.5. The maximum absolute atomic E-state index is 5.71. The normalized spacial score (nSPS) is 9.92. The Hall–Kier alpha value is -0.410. The van der Waals surface area contributed by atoms with Crippen LogP contribution in [0.15, 0.2) is 17.0 Å². The minimum atomic E-state index is 0.469. The lowest BCUT2D eigenvalue weighted by atomic mass is 10.5. The number of rotatable bonds is 3. The third-order valence-corrected chi connectivity index (χ3v) is 2.25. The molecule has 0 aliphatic heterocycles. The average Bonchev–Trinajstić information content (AvgIpc) is 2.05. The predicted octanol–water partition coefficient (Wildman–Crippen LogP) is 2.86. The highest BCUT2D eigenvalue weighted by molar-refractivity contribution is 7.98. The fraction of sp³-hybridized carbons (Fsp3) is 0.375. The van der Waals surface area contributed by atoms with Crippen LogP contribution in [0.1, 0.15) is 6.92 Å². The molecule has 12 heavy (non-hydrogen) atoms. The zero-order chi connectivity index (χ0) is 8.97. The van der Waals surface area contributed by atoms with Gasteiger partial charge in [0.15, 0.2) is 0 Å². The summed E-state index contributed by atoms with van der Waals surface area (Å²) >= 11 is 7.31. The molecule has 1 rings (SSSR count). The molecule has 4 heteroatoms. The van der Waals surface area contributed by atoms with Crippen LogP contribution < -0.4 is 4.74 Å². The number of aromatic nitrogens is 1. The number of pyridine rings is 1. The van der Waals surface area contributed by atoms with E-state index in [2.05, 4.69) is 4.98 Å². The maximum atomic E-state index is 5.71. The summed E-state index contributed by atoms with van der Waals surface area (Å²) in [5.41, 5.74) is 0. The van der Waals surface area contributed by atoms with Gasteiger partial charge in [0.25, 0.3) is 0 Å². The number of halogens is 1. The first-order valence-electron chi connectivity index (χ1n) is 3.61. The van der Waals surface area contributed by atoms with Gasteiger partial charge in [0.05, 0.1) is 11.5 Å². The van der Waals surface area contributed by atoms with Crippen LogP contribution in [0.3, 0.4) is 0 Å². The van der Waals surface area contributed by atoms with Gasteiger partial charge in [-0.15, -0.1) is 11.8 Å². The molecule has 0 atom stereocenters. The second-order valence-electron chi connectivity index (χ2n) is 2.07. The van der Waals surface area contributed by atoms with Crippen LogP contribution in [0.5, 0.6) is 5.88 Å². The smallest absolute Gasteiger partial charge is 0.228 e. The van der Waals surface area contributed by atoms with Crippen LogP contribution in [-0.2, 0) is 0 Å². The van der Waals surface area contributed by atoms with Crippen molar-refractivity contribution < 1.29 is 4.74 Å². The summed E-state index contributed by atoms with van der Waals surface area (Å²) in [6.07, 6.45) is 1.98. The first-order chi connectivity index (χ1) is 5.77. The summed E-state index contributed by atoms with van der Waals surface area (Å²) in [4.78, 5) is 5.07. The summed E-state index contributed by atoms with van der Waals surface area (Å²) in [5, 5.41) is 0.469. The quantitative estimate of drug-likeness (QED) is 0.557. The molecule has 0 amide bonds. The molecular formula is C8H10ClNOS. The maximum Gasteiger partial charge on any atom is 0.228 e. The van der Waals surface area contributed by atoms with E-state index >= 15 is 0 Å². The van der Waals surface area contributed by atoms with Crippen molar-refractivity contribution in [2.75, 3.05) is 12.9 Å². The van der Waals surface area contributed by atoms with E-state index in [-0.39, 0.29) is 0 Å². The SMILES string of the molecule is CCOc1nc(Cl)ccc1SC. The molecule has 0 saturated heterocycles. The Labute approximate surface area is 81.3 Å². The number of hydrogen-bond acceptors (Lipinski definition) is 3. The minimum Gasteiger partial charge on any atom is -0.477 e. The van der Waals surface area contributed by atoms with E-state index in [1.54, 1.807) is 17.8 Å². The molecule has 66 valence electrons. The van der Waals surface area contributed by atoms with Crippen molar-refractivity contribution in [3.8, 4) is 5.88 Å². The summed E-state index contributed by atoms with van der Waals surface area (Å²) in [5.74, 6) is 0.623. The number of thioether (sulfide) groups is 1. The Balaban J connectivity index is 2.95. The molecule has 0 spiro atoms. The predicted molar refractivity (Wildman–Crippen MR) is 52.2 cm³/mol. The second kappa shape index (κ2) is 4.58. The van der Waals surface area contributed by atoms with Gasteiger partial charge in [0.2, 0.25) is 5.88 Å². The molecule has 0 saturated carbocycles. The van der Waals surface area contributed by atoms with Gasteiger partial charge in [-0.1, -0.05) is 11.6 Å². The molecule has 0 aromatic carbocycles. The topological polar surface area (TPSA) is 22.1 Å². The second-order valence-corrected chi connectivity index (χ2v) is 3.31. The van der Waals surface area contributed by atoms with Gasteiger partial charge < -0.3 is 4.74 Å². The van der Waals surface area contributed by atoms with E-state index in [4.69, 9.17) is 16.3 Å². The molecular weight excluding hydrogens is 194 g/mol. The van der Waals surface area contributed by atoms with Gasteiger partial charge in [-0.05, 0) is 25.3 Å². The number of hydrogen-bond donors (Lipinski definition) is 0. The molecule has 0 N–H and O–H groups in total. The molecule has 0 radical (unpaired) electrons. The summed E-state index contributed by atoms with van der Waals surface area (Å²) in [7, 11) is 0. The lowest BCUT2D eigenvalue weighted by Crippen LogP contribution is -1.95. The van der Waals surface area contributed by atoms with E-state index in [0.29, 0.717) is 17.6 Å². The molecule has 1 heterocycles. The number of ether oxygens (including phenoxy) is 1. The van der Waals surface area contributed by atoms with Gasteiger partial charge in [0.1, 0.15) is 5.15 Å². The van der Waals surface area contributed by atoms with Crippen LogP contribution in [0.2, 0.25) is 5.15 Å². The van der Waals surface area contributed by atoms with Gasteiger partial charge in [-0.3, -0.25) is 0 Å². The van der Waals surface area contributed by atoms with E-state index in [1.807, 2.05) is 19.2 Å². The molecule has 1 aromatic rings. The monoisotopic (exact) mass is 203 g/mol. The Morgan fingerprint density at radius 3 is 2.92 bits per heavy atom. The van der Waals surface area contributed by atoms with Crippen LogP contribution in [0, 0.1) is 0 Å². The fourth-order valence-electron chi connectivity index (χ4n) is 0.801. The first-order valence-corrected chi connectivity index (χ1v) is 5.21. The molecule has 1 aromatic heterocycles. The van der Waals surface area contributed by atoms with Gasteiger partial charge in [-0.25, -0.2) is 4.98 Å². The van der Waals surface area contributed by atoms with Crippen LogP contribution in [0.25, 0.3) is 0 Å². The largest absolute Gasteiger partial charge is 0.477 e. The highest BCUT2D eigenvalue weighted by Gasteiger charge is 2.03. The minimum absolute atomic E-state index is 0.469. The van der Waals surface area contributed by atoms with Crippen molar-refractivity contribution in [2.45, 2.75) is 11.8 Å². The van der Waals surface area contributed by atoms with E-state index in [0.717, 1.165) is 4.90 Å².